The Kier molecular flexibility index (Phi) is 5.24. The van der Waals surface area contributed by atoms with E-state index in [0.29, 0.717) is 26.9 Å². The van der Waals surface area contributed by atoms with Crippen LogP contribution in [0.1, 0.15) is 15.9 Å². The van der Waals surface area contributed by atoms with Gasteiger partial charge in [-0.05, 0) is 42.5 Å². The molecule has 0 heterocycles. The van der Waals surface area contributed by atoms with Crippen LogP contribution in [0, 0.1) is 11.8 Å². The molecule has 1 amide bonds. The molecule has 0 atom stereocenters. The van der Waals surface area contributed by atoms with Crippen LogP contribution in [0.3, 0.4) is 0 Å². The van der Waals surface area contributed by atoms with Crippen LogP contribution in [0.2, 0.25) is 10.0 Å². The Labute approximate surface area is 133 Å². The summed E-state index contributed by atoms with van der Waals surface area (Å²) < 4.78 is 0. The summed E-state index contributed by atoms with van der Waals surface area (Å²) in [6, 6.07) is 11.8. The summed E-state index contributed by atoms with van der Waals surface area (Å²) >= 11 is 11.9. The minimum Gasteiger partial charge on any atom is -0.322 e. The highest BCUT2D eigenvalue weighted by Gasteiger charge is 2.08. The van der Waals surface area contributed by atoms with E-state index in [1.54, 1.807) is 42.5 Å². The van der Waals surface area contributed by atoms with Gasteiger partial charge in [-0.25, -0.2) is 0 Å². The van der Waals surface area contributed by atoms with E-state index in [1.807, 2.05) is 0 Å². The molecule has 0 aliphatic carbocycles. The maximum absolute atomic E-state index is 12.1. The lowest BCUT2D eigenvalue weighted by Gasteiger charge is -2.06. The monoisotopic (exact) mass is 318 g/mol. The van der Waals surface area contributed by atoms with Gasteiger partial charge in [0.25, 0.3) is 5.91 Å². The van der Waals surface area contributed by atoms with Crippen molar-refractivity contribution < 1.29 is 4.79 Å². The molecule has 2 aromatic rings. The normalized spacial score (nSPS) is 9.67. The number of hydrogen-bond donors (Lipinski definition) is 2. The van der Waals surface area contributed by atoms with Crippen LogP contribution in [-0.2, 0) is 0 Å². The van der Waals surface area contributed by atoms with Crippen LogP contribution in [0.15, 0.2) is 42.5 Å². The Bertz CT molecular complexity index is 715. The fourth-order valence-corrected chi connectivity index (χ4v) is 1.99. The van der Waals surface area contributed by atoms with Gasteiger partial charge in [0.2, 0.25) is 0 Å². The van der Waals surface area contributed by atoms with E-state index >= 15 is 0 Å². The minimum atomic E-state index is -0.252. The number of nitrogens with two attached hydrogens (primary N) is 1. The van der Waals surface area contributed by atoms with E-state index < -0.39 is 0 Å². The van der Waals surface area contributed by atoms with Gasteiger partial charge in [-0.2, -0.15) is 0 Å². The van der Waals surface area contributed by atoms with Crippen LogP contribution in [0.25, 0.3) is 0 Å². The van der Waals surface area contributed by atoms with Crippen molar-refractivity contribution in [1.82, 2.24) is 0 Å². The zero-order chi connectivity index (χ0) is 15.2. The zero-order valence-electron chi connectivity index (χ0n) is 11.0. The standard InChI is InChI=1S/C16H12Cl2N2O/c17-13-5-7-14(8-6-13)20-16(21)12-4-3-11(2-1-9-19)15(18)10-12/h3-8,10H,9,19H2,(H,20,21). The summed E-state index contributed by atoms with van der Waals surface area (Å²) in [7, 11) is 0. The van der Waals surface area contributed by atoms with Gasteiger partial charge in [0, 0.05) is 21.8 Å². The van der Waals surface area contributed by atoms with Crippen molar-refractivity contribution in [2.45, 2.75) is 0 Å². The van der Waals surface area contributed by atoms with E-state index in [2.05, 4.69) is 17.2 Å². The summed E-state index contributed by atoms with van der Waals surface area (Å²) in [4.78, 5) is 12.1. The van der Waals surface area contributed by atoms with Gasteiger partial charge < -0.3 is 11.1 Å². The van der Waals surface area contributed by atoms with E-state index in [0.717, 1.165) is 0 Å². The highest BCUT2D eigenvalue weighted by atomic mass is 35.5. The molecule has 21 heavy (non-hydrogen) atoms. The first kappa shape index (κ1) is 15.4. The summed E-state index contributed by atoms with van der Waals surface area (Å²) in [5, 5.41) is 3.79. The zero-order valence-corrected chi connectivity index (χ0v) is 12.5. The Morgan fingerprint density at radius 2 is 1.86 bits per heavy atom. The molecule has 2 aromatic carbocycles. The number of carbonyl (C=O) groups excluding carboxylic acids is 1. The average molecular weight is 319 g/mol. The van der Waals surface area contributed by atoms with E-state index in [1.165, 1.54) is 0 Å². The fourth-order valence-electron chi connectivity index (χ4n) is 1.64. The quantitative estimate of drug-likeness (QED) is 0.832. The lowest BCUT2D eigenvalue weighted by atomic mass is 10.1. The molecule has 2 rings (SSSR count). The minimum absolute atomic E-state index is 0.252. The number of anilines is 1. The van der Waals surface area contributed by atoms with Crippen molar-refractivity contribution >= 4 is 34.8 Å². The van der Waals surface area contributed by atoms with Gasteiger partial charge in [0.1, 0.15) is 0 Å². The number of halogens is 2. The van der Waals surface area contributed by atoms with Crippen LogP contribution >= 0.6 is 23.2 Å². The average Bonchev–Trinajstić information content (AvgIpc) is 2.48. The SMILES string of the molecule is NCC#Cc1ccc(C(=O)Nc2ccc(Cl)cc2)cc1Cl. The molecule has 0 saturated heterocycles. The van der Waals surface area contributed by atoms with Crippen LogP contribution in [0.4, 0.5) is 5.69 Å². The maximum Gasteiger partial charge on any atom is 0.255 e. The number of rotatable bonds is 2. The molecule has 3 N–H and O–H groups in total. The number of amides is 1. The second-order valence-corrected chi connectivity index (χ2v) is 5.01. The largest absolute Gasteiger partial charge is 0.322 e. The molecule has 0 aliphatic heterocycles. The van der Waals surface area contributed by atoms with Crippen molar-refractivity contribution in [3.05, 3.63) is 63.6 Å². The summed E-state index contributed by atoms with van der Waals surface area (Å²) in [5.41, 5.74) is 7.07. The van der Waals surface area contributed by atoms with Crippen molar-refractivity contribution in [3.63, 3.8) is 0 Å². The molecular formula is C16H12Cl2N2O. The molecule has 0 fully saturated rings. The van der Waals surface area contributed by atoms with Gasteiger partial charge >= 0.3 is 0 Å². The van der Waals surface area contributed by atoms with Crippen LogP contribution < -0.4 is 11.1 Å². The third-order valence-corrected chi connectivity index (χ3v) is 3.22. The van der Waals surface area contributed by atoms with Crippen LogP contribution in [-0.4, -0.2) is 12.5 Å². The molecule has 3 nitrogen and oxygen atoms in total. The van der Waals surface area contributed by atoms with Gasteiger partial charge in [-0.15, -0.1) is 0 Å². The summed E-state index contributed by atoms with van der Waals surface area (Å²) in [6.07, 6.45) is 0. The topological polar surface area (TPSA) is 55.1 Å². The van der Waals surface area contributed by atoms with Crippen molar-refractivity contribution in [1.29, 1.82) is 0 Å². The lowest BCUT2D eigenvalue weighted by Crippen LogP contribution is -2.11. The summed E-state index contributed by atoms with van der Waals surface area (Å²) in [5.74, 6) is 5.31. The van der Waals surface area contributed by atoms with E-state index in [4.69, 9.17) is 28.9 Å². The molecule has 106 valence electrons. The molecule has 0 aromatic heterocycles. The molecule has 0 bridgehead atoms. The Morgan fingerprint density at radius 1 is 1.14 bits per heavy atom. The molecule has 0 aliphatic rings. The van der Waals surface area contributed by atoms with Gasteiger partial charge in [0.05, 0.1) is 11.6 Å². The third-order valence-electron chi connectivity index (χ3n) is 2.66. The number of carbonyl (C=O) groups is 1. The highest BCUT2D eigenvalue weighted by Crippen LogP contribution is 2.19. The Morgan fingerprint density at radius 3 is 2.48 bits per heavy atom. The van der Waals surface area contributed by atoms with Gasteiger partial charge in [0.15, 0.2) is 0 Å². The molecule has 5 heteroatoms. The second-order valence-electron chi connectivity index (χ2n) is 4.16. The molecule has 0 spiro atoms. The molecule has 0 radical (unpaired) electrons. The Hall–Kier alpha value is -1.99. The Balaban J connectivity index is 2.16. The molecule has 0 unspecified atom stereocenters. The van der Waals surface area contributed by atoms with Gasteiger partial charge in [-0.3, -0.25) is 4.79 Å². The van der Waals surface area contributed by atoms with E-state index in [-0.39, 0.29) is 12.5 Å². The summed E-state index contributed by atoms with van der Waals surface area (Å²) in [6.45, 7) is 0.259. The third kappa shape index (κ3) is 4.24. The predicted molar refractivity (Wildman–Crippen MR) is 86.8 cm³/mol. The first-order valence-corrected chi connectivity index (χ1v) is 6.91. The first-order chi connectivity index (χ1) is 10.1. The van der Waals surface area contributed by atoms with Crippen molar-refractivity contribution in [3.8, 4) is 11.8 Å². The maximum atomic E-state index is 12.1. The van der Waals surface area contributed by atoms with Crippen molar-refractivity contribution in [2.75, 3.05) is 11.9 Å². The first-order valence-electron chi connectivity index (χ1n) is 6.15. The number of nitrogens with one attached hydrogen (secondary N) is 1. The lowest BCUT2D eigenvalue weighted by molar-refractivity contribution is 0.102. The fraction of sp³-hybridized carbons (Fsp3) is 0.0625. The predicted octanol–water partition coefficient (Wildman–Crippen LogP) is 3.56. The van der Waals surface area contributed by atoms with Gasteiger partial charge in [-0.1, -0.05) is 35.0 Å². The second kappa shape index (κ2) is 7.14. The smallest absolute Gasteiger partial charge is 0.255 e. The molecule has 0 saturated carbocycles. The van der Waals surface area contributed by atoms with Crippen molar-refractivity contribution in [2.24, 2.45) is 5.73 Å². The molecular weight excluding hydrogens is 307 g/mol. The number of hydrogen-bond acceptors (Lipinski definition) is 2. The van der Waals surface area contributed by atoms with E-state index in [9.17, 15) is 4.79 Å². The highest BCUT2D eigenvalue weighted by molar-refractivity contribution is 6.32. The van der Waals surface area contributed by atoms with Crippen LogP contribution in [0.5, 0.6) is 0 Å². The number of benzene rings is 2.